The first-order valence-electron chi connectivity index (χ1n) is 8.00. The first-order valence-corrected chi connectivity index (χ1v) is 8.00. The Kier molecular flexibility index (Phi) is 6.31. The quantitative estimate of drug-likeness (QED) is 0.744. The Labute approximate surface area is 140 Å². The van der Waals surface area contributed by atoms with E-state index >= 15 is 0 Å². The maximum absolute atomic E-state index is 12.0. The molecule has 0 atom stereocenters. The standard InChI is InChI=1S/C17H23N3O4/c1-12(2)23-10-6-9-18-15(21)11-20-16(19-24-17(20)22)14-8-5-4-7-13(14)3/h4-5,7-8,12H,6,9-11H2,1-3H3,(H,18,21). The second-order valence-corrected chi connectivity index (χ2v) is 5.80. The Balaban J connectivity index is 1.98. The fraction of sp³-hybridized carbons (Fsp3) is 0.471. The molecule has 0 aliphatic rings. The predicted molar refractivity (Wildman–Crippen MR) is 89.7 cm³/mol. The van der Waals surface area contributed by atoms with Crippen molar-refractivity contribution in [3.05, 3.63) is 40.4 Å². The van der Waals surface area contributed by atoms with Crippen molar-refractivity contribution in [3.63, 3.8) is 0 Å². The number of aryl methyl sites for hydroxylation is 1. The molecule has 0 saturated carbocycles. The fourth-order valence-electron chi connectivity index (χ4n) is 2.24. The van der Waals surface area contributed by atoms with E-state index < -0.39 is 5.76 Å². The molecule has 130 valence electrons. The van der Waals surface area contributed by atoms with Gasteiger partial charge in [-0.25, -0.2) is 9.36 Å². The lowest BCUT2D eigenvalue weighted by Gasteiger charge is -2.09. The van der Waals surface area contributed by atoms with Crippen molar-refractivity contribution in [1.82, 2.24) is 15.0 Å². The summed E-state index contributed by atoms with van der Waals surface area (Å²) in [5.41, 5.74) is 1.72. The third-order valence-corrected chi connectivity index (χ3v) is 3.47. The van der Waals surface area contributed by atoms with Gasteiger partial charge in [-0.05, 0) is 32.8 Å². The first kappa shape index (κ1) is 17.9. The summed E-state index contributed by atoms with van der Waals surface area (Å²) >= 11 is 0. The number of ether oxygens (including phenoxy) is 1. The smallest absolute Gasteiger partial charge is 0.379 e. The highest BCUT2D eigenvalue weighted by atomic mass is 16.5. The zero-order valence-corrected chi connectivity index (χ0v) is 14.2. The van der Waals surface area contributed by atoms with Crippen LogP contribution in [-0.4, -0.2) is 34.9 Å². The molecule has 1 N–H and O–H groups in total. The van der Waals surface area contributed by atoms with E-state index in [-0.39, 0.29) is 18.6 Å². The van der Waals surface area contributed by atoms with Gasteiger partial charge in [0.15, 0.2) is 5.82 Å². The molecule has 0 aliphatic heterocycles. The lowest BCUT2D eigenvalue weighted by atomic mass is 10.1. The number of carbonyl (C=O) groups is 1. The van der Waals surface area contributed by atoms with E-state index in [0.29, 0.717) is 25.4 Å². The van der Waals surface area contributed by atoms with Crippen molar-refractivity contribution in [2.75, 3.05) is 13.2 Å². The Hall–Kier alpha value is -2.41. The normalized spacial score (nSPS) is 11.0. The van der Waals surface area contributed by atoms with Crippen molar-refractivity contribution >= 4 is 5.91 Å². The molecule has 0 spiro atoms. The number of aromatic nitrogens is 2. The van der Waals surface area contributed by atoms with Gasteiger partial charge in [0.2, 0.25) is 5.91 Å². The van der Waals surface area contributed by atoms with E-state index in [0.717, 1.165) is 11.1 Å². The van der Waals surface area contributed by atoms with Gasteiger partial charge < -0.3 is 10.1 Å². The summed E-state index contributed by atoms with van der Waals surface area (Å²) in [7, 11) is 0. The monoisotopic (exact) mass is 333 g/mol. The average Bonchev–Trinajstić information content (AvgIpc) is 2.88. The van der Waals surface area contributed by atoms with Gasteiger partial charge in [0.25, 0.3) is 0 Å². The summed E-state index contributed by atoms with van der Waals surface area (Å²) in [6.45, 7) is 6.78. The predicted octanol–water partition coefficient (Wildman–Crippen LogP) is 1.74. The number of amides is 1. The fourth-order valence-corrected chi connectivity index (χ4v) is 2.24. The zero-order chi connectivity index (χ0) is 17.5. The molecule has 0 unspecified atom stereocenters. The molecular formula is C17H23N3O4. The molecule has 0 radical (unpaired) electrons. The highest BCUT2D eigenvalue weighted by Gasteiger charge is 2.16. The van der Waals surface area contributed by atoms with Crippen molar-refractivity contribution < 1.29 is 14.1 Å². The Bertz CT molecular complexity index is 733. The second-order valence-electron chi connectivity index (χ2n) is 5.80. The topological polar surface area (TPSA) is 86.4 Å². The number of hydrogen-bond donors (Lipinski definition) is 1. The lowest BCUT2D eigenvalue weighted by molar-refractivity contribution is -0.121. The summed E-state index contributed by atoms with van der Waals surface area (Å²) in [4.78, 5) is 23.9. The molecule has 7 heteroatoms. The van der Waals surface area contributed by atoms with Crippen molar-refractivity contribution in [2.45, 2.75) is 39.8 Å². The molecule has 2 rings (SSSR count). The van der Waals surface area contributed by atoms with Gasteiger partial charge in [-0.1, -0.05) is 29.4 Å². The summed E-state index contributed by atoms with van der Waals surface area (Å²) in [5, 5.41) is 6.57. The molecule has 1 aromatic heterocycles. The SMILES string of the molecule is Cc1ccccc1-c1noc(=O)n1CC(=O)NCCCOC(C)C. The summed E-state index contributed by atoms with van der Waals surface area (Å²) in [6.07, 6.45) is 0.889. The van der Waals surface area contributed by atoms with Crippen molar-refractivity contribution in [1.29, 1.82) is 0 Å². The minimum atomic E-state index is -0.647. The van der Waals surface area contributed by atoms with E-state index in [9.17, 15) is 9.59 Å². The zero-order valence-electron chi connectivity index (χ0n) is 14.2. The van der Waals surface area contributed by atoms with Crippen LogP contribution < -0.4 is 11.1 Å². The highest BCUT2D eigenvalue weighted by molar-refractivity contribution is 5.76. The van der Waals surface area contributed by atoms with Crippen LogP contribution in [0.2, 0.25) is 0 Å². The van der Waals surface area contributed by atoms with Crippen LogP contribution in [0.1, 0.15) is 25.8 Å². The van der Waals surface area contributed by atoms with E-state index in [1.807, 2.05) is 45.0 Å². The van der Waals surface area contributed by atoms with Crippen LogP contribution in [0.4, 0.5) is 0 Å². The summed E-state index contributed by atoms with van der Waals surface area (Å²) < 4.78 is 11.4. The molecule has 1 amide bonds. The Morgan fingerprint density at radius 1 is 1.38 bits per heavy atom. The average molecular weight is 333 g/mol. The van der Waals surface area contributed by atoms with E-state index in [1.54, 1.807) is 0 Å². The largest absolute Gasteiger partial charge is 0.442 e. The molecule has 7 nitrogen and oxygen atoms in total. The van der Waals surface area contributed by atoms with Crippen molar-refractivity contribution in [2.24, 2.45) is 0 Å². The van der Waals surface area contributed by atoms with Crippen LogP contribution in [0.5, 0.6) is 0 Å². The third-order valence-electron chi connectivity index (χ3n) is 3.47. The van der Waals surface area contributed by atoms with Crippen LogP contribution in [0.25, 0.3) is 11.4 Å². The van der Waals surface area contributed by atoms with Gasteiger partial charge in [-0.15, -0.1) is 0 Å². The van der Waals surface area contributed by atoms with E-state index in [1.165, 1.54) is 4.57 Å². The highest BCUT2D eigenvalue weighted by Crippen LogP contribution is 2.19. The van der Waals surface area contributed by atoms with Gasteiger partial charge in [-0.2, -0.15) is 0 Å². The molecule has 0 aliphatic carbocycles. The van der Waals surface area contributed by atoms with Gasteiger partial charge >= 0.3 is 5.76 Å². The lowest BCUT2D eigenvalue weighted by Crippen LogP contribution is -2.32. The molecule has 1 aromatic carbocycles. The molecule has 0 saturated heterocycles. The van der Waals surface area contributed by atoms with Crippen LogP contribution in [0.15, 0.2) is 33.6 Å². The molecule has 2 aromatic rings. The van der Waals surface area contributed by atoms with Gasteiger partial charge in [0.1, 0.15) is 6.54 Å². The maximum Gasteiger partial charge on any atom is 0.442 e. The minimum Gasteiger partial charge on any atom is -0.379 e. The number of nitrogens with zero attached hydrogens (tertiary/aromatic N) is 2. The number of rotatable bonds is 8. The number of benzene rings is 1. The second kappa shape index (κ2) is 8.44. The van der Waals surface area contributed by atoms with Crippen LogP contribution in [0, 0.1) is 6.92 Å². The van der Waals surface area contributed by atoms with Crippen LogP contribution in [-0.2, 0) is 16.1 Å². The van der Waals surface area contributed by atoms with Gasteiger partial charge in [-0.3, -0.25) is 9.32 Å². The maximum atomic E-state index is 12.0. The molecule has 24 heavy (non-hydrogen) atoms. The molecular weight excluding hydrogens is 310 g/mol. The summed E-state index contributed by atoms with van der Waals surface area (Å²) in [6, 6.07) is 7.49. The number of hydrogen-bond acceptors (Lipinski definition) is 5. The summed E-state index contributed by atoms with van der Waals surface area (Å²) in [5.74, 6) is -0.553. The molecule has 1 heterocycles. The van der Waals surface area contributed by atoms with Gasteiger partial charge in [0.05, 0.1) is 6.10 Å². The van der Waals surface area contributed by atoms with Crippen LogP contribution in [0.3, 0.4) is 0 Å². The van der Waals surface area contributed by atoms with E-state index in [2.05, 4.69) is 10.5 Å². The van der Waals surface area contributed by atoms with E-state index in [4.69, 9.17) is 9.26 Å². The number of carbonyl (C=O) groups excluding carboxylic acids is 1. The third kappa shape index (κ3) is 4.79. The first-order chi connectivity index (χ1) is 11.5. The van der Waals surface area contributed by atoms with Crippen molar-refractivity contribution in [3.8, 4) is 11.4 Å². The number of nitrogens with one attached hydrogen (secondary N) is 1. The Morgan fingerprint density at radius 2 is 2.12 bits per heavy atom. The van der Waals surface area contributed by atoms with Gasteiger partial charge in [0, 0.05) is 18.7 Å². The molecule has 0 fully saturated rings. The minimum absolute atomic E-state index is 0.128. The van der Waals surface area contributed by atoms with Crippen LogP contribution >= 0.6 is 0 Å². The Morgan fingerprint density at radius 3 is 2.83 bits per heavy atom. The molecule has 0 bridgehead atoms.